The van der Waals surface area contributed by atoms with Crippen LogP contribution in [0, 0.1) is 0 Å². The molecule has 13 heavy (non-hydrogen) atoms. The molecular formula is C8H12ClNO3. The zero-order valence-electron chi connectivity index (χ0n) is 7.46. The molecule has 0 aliphatic carbocycles. The normalized spacial score (nSPS) is 21.7. The average molecular weight is 206 g/mol. The van der Waals surface area contributed by atoms with Crippen molar-refractivity contribution in [2.75, 3.05) is 13.2 Å². The maximum Gasteiger partial charge on any atom is 0.328 e. The summed E-state index contributed by atoms with van der Waals surface area (Å²) in [7, 11) is 0. The van der Waals surface area contributed by atoms with Crippen LogP contribution in [0.25, 0.3) is 0 Å². The lowest BCUT2D eigenvalue weighted by atomic mass is 10.2. The minimum Gasteiger partial charge on any atom is -0.464 e. The van der Waals surface area contributed by atoms with Gasteiger partial charge in [-0.15, -0.1) is 0 Å². The van der Waals surface area contributed by atoms with Crippen molar-refractivity contribution in [2.24, 2.45) is 0 Å². The Labute approximate surface area is 81.8 Å². The van der Waals surface area contributed by atoms with Crippen LogP contribution in [0.2, 0.25) is 0 Å². The summed E-state index contributed by atoms with van der Waals surface area (Å²) in [5.74, 6) is -0.353. The third-order valence-electron chi connectivity index (χ3n) is 2.04. The van der Waals surface area contributed by atoms with Gasteiger partial charge in [0.15, 0.2) is 0 Å². The maximum absolute atomic E-state index is 11.3. The molecule has 0 aromatic rings. The number of ether oxygens (including phenoxy) is 1. The zero-order chi connectivity index (χ0) is 9.84. The van der Waals surface area contributed by atoms with Crippen LogP contribution in [0.5, 0.6) is 0 Å². The minimum absolute atomic E-state index is 0.333. The Hall–Kier alpha value is -0.770. The highest BCUT2D eigenvalue weighted by molar-refractivity contribution is 6.63. The van der Waals surface area contributed by atoms with Gasteiger partial charge in [-0.2, -0.15) is 0 Å². The first-order valence-corrected chi connectivity index (χ1v) is 4.67. The quantitative estimate of drug-likeness (QED) is 0.389. The van der Waals surface area contributed by atoms with E-state index in [4.69, 9.17) is 16.3 Å². The molecule has 0 unspecified atom stereocenters. The van der Waals surface area contributed by atoms with Crippen LogP contribution in [-0.2, 0) is 9.53 Å². The summed E-state index contributed by atoms with van der Waals surface area (Å²) >= 11 is 5.30. The van der Waals surface area contributed by atoms with Crippen molar-refractivity contribution in [3.05, 3.63) is 0 Å². The van der Waals surface area contributed by atoms with E-state index in [1.54, 1.807) is 6.92 Å². The molecule has 1 saturated heterocycles. The molecule has 74 valence electrons. The van der Waals surface area contributed by atoms with Gasteiger partial charge in [-0.3, -0.25) is 4.79 Å². The van der Waals surface area contributed by atoms with Gasteiger partial charge in [0.25, 0.3) is 0 Å². The molecule has 0 bridgehead atoms. The summed E-state index contributed by atoms with van der Waals surface area (Å²) in [6.45, 7) is 2.62. The molecule has 0 saturated carbocycles. The molecule has 1 fully saturated rings. The number of amides is 1. The number of carbonyl (C=O) groups excluding carboxylic acids is 2. The van der Waals surface area contributed by atoms with Gasteiger partial charge in [-0.05, 0) is 31.4 Å². The Balaban J connectivity index is 2.57. The lowest BCUT2D eigenvalue weighted by Crippen LogP contribution is -2.38. The summed E-state index contributed by atoms with van der Waals surface area (Å²) in [4.78, 5) is 23.5. The number of esters is 1. The third-order valence-corrected chi connectivity index (χ3v) is 2.25. The fraction of sp³-hybridized carbons (Fsp3) is 0.750. The molecule has 1 aliphatic heterocycles. The summed E-state index contributed by atoms with van der Waals surface area (Å²) in [6, 6.07) is -0.468. The van der Waals surface area contributed by atoms with Crippen molar-refractivity contribution in [2.45, 2.75) is 25.8 Å². The monoisotopic (exact) mass is 205 g/mol. The van der Waals surface area contributed by atoms with E-state index in [9.17, 15) is 9.59 Å². The fourth-order valence-electron chi connectivity index (χ4n) is 1.46. The van der Waals surface area contributed by atoms with Crippen molar-refractivity contribution in [3.63, 3.8) is 0 Å². The lowest BCUT2D eigenvalue weighted by Gasteiger charge is -2.19. The van der Waals surface area contributed by atoms with Crippen LogP contribution < -0.4 is 0 Å². The number of carbonyl (C=O) groups is 2. The topological polar surface area (TPSA) is 46.6 Å². The van der Waals surface area contributed by atoms with Gasteiger partial charge < -0.3 is 9.64 Å². The fourth-order valence-corrected chi connectivity index (χ4v) is 1.66. The van der Waals surface area contributed by atoms with Gasteiger partial charge in [0.05, 0.1) is 6.61 Å². The summed E-state index contributed by atoms with van der Waals surface area (Å²) in [6.07, 6.45) is 1.46. The molecule has 1 heterocycles. The first kappa shape index (κ1) is 10.3. The van der Waals surface area contributed by atoms with E-state index in [2.05, 4.69) is 0 Å². The second-order valence-electron chi connectivity index (χ2n) is 2.86. The van der Waals surface area contributed by atoms with E-state index in [0.717, 1.165) is 6.42 Å². The predicted molar refractivity (Wildman–Crippen MR) is 47.6 cm³/mol. The third kappa shape index (κ3) is 2.34. The molecule has 1 aliphatic rings. The van der Waals surface area contributed by atoms with E-state index in [-0.39, 0.29) is 5.97 Å². The largest absolute Gasteiger partial charge is 0.464 e. The Morgan fingerprint density at radius 3 is 2.85 bits per heavy atom. The Morgan fingerprint density at radius 1 is 1.62 bits per heavy atom. The number of halogens is 1. The van der Waals surface area contributed by atoms with E-state index >= 15 is 0 Å². The molecule has 1 atom stereocenters. The van der Waals surface area contributed by atoms with Crippen molar-refractivity contribution >= 4 is 22.9 Å². The molecule has 0 N–H and O–H groups in total. The van der Waals surface area contributed by atoms with Crippen LogP contribution >= 0.6 is 11.6 Å². The number of nitrogens with zero attached hydrogens (tertiary/aromatic N) is 1. The summed E-state index contributed by atoms with van der Waals surface area (Å²) in [5.41, 5.74) is 0. The lowest BCUT2D eigenvalue weighted by molar-refractivity contribution is -0.147. The van der Waals surface area contributed by atoms with Gasteiger partial charge in [-0.1, -0.05) is 0 Å². The highest BCUT2D eigenvalue weighted by Crippen LogP contribution is 2.19. The van der Waals surface area contributed by atoms with Gasteiger partial charge in [0.2, 0.25) is 0 Å². The van der Waals surface area contributed by atoms with Crippen molar-refractivity contribution in [1.82, 2.24) is 4.90 Å². The number of likely N-dealkylation sites (tertiary alicyclic amines) is 1. The first-order chi connectivity index (χ1) is 6.16. The van der Waals surface area contributed by atoms with Crippen molar-refractivity contribution < 1.29 is 14.3 Å². The molecule has 1 rings (SSSR count). The first-order valence-electron chi connectivity index (χ1n) is 4.29. The average Bonchev–Trinajstić information content (AvgIpc) is 2.52. The molecule has 5 heteroatoms. The number of hydrogen-bond acceptors (Lipinski definition) is 3. The second-order valence-corrected chi connectivity index (χ2v) is 3.18. The minimum atomic E-state index is -0.574. The molecule has 0 radical (unpaired) electrons. The predicted octanol–water partition coefficient (Wildman–Crippen LogP) is 1.37. The molecule has 1 amide bonds. The van der Waals surface area contributed by atoms with Crippen LogP contribution in [0.15, 0.2) is 0 Å². The van der Waals surface area contributed by atoms with Gasteiger partial charge in [0, 0.05) is 6.54 Å². The molecule has 0 aromatic carbocycles. The standard InChI is InChI=1S/C8H12ClNO3/c1-2-13-7(11)6-4-3-5-10(6)8(9)12/h6H,2-5H2,1H3/t6-/m0/s1. The second kappa shape index (κ2) is 4.46. The molecule has 0 spiro atoms. The van der Waals surface area contributed by atoms with Crippen LogP contribution in [0.1, 0.15) is 19.8 Å². The van der Waals surface area contributed by atoms with Crippen LogP contribution in [-0.4, -0.2) is 35.4 Å². The van der Waals surface area contributed by atoms with Crippen molar-refractivity contribution in [1.29, 1.82) is 0 Å². The Bertz CT molecular complexity index is 219. The number of rotatable bonds is 2. The molecule has 4 nitrogen and oxygen atoms in total. The smallest absolute Gasteiger partial charge is 0.328 e. The summed E-state index contributed by atoms with van der Waals surface area (Å²) < 4.78 is 4.81. The van der Waals surface area contributed by atoms with Crippen molar-refractivity contribution in [3.8, 4) is 0 Å². The number of hydrogen-bond donors (Lipinski definition) is 0. The Kier molecular flexibility index (Phi) is 3.54. The van der Waals surface area contributed by atoms with Gasteiger partial charge in [0.1, 0.15) is 6.04 Å². The van der Waals surface area contributed by atoms with E-state index < -0.39 is 11.4 Å². The summed E-state index contributed by atoms with van der Waals surface area (Å²) in [5, 5.41) is -0.574. The maximum atomic E-state index is 11.3. The van der Waals surface area contributed by atoms with Crippen LogP contribution in [0.4, 0.5) is 4.79 Å². The Morgan fingerprint density at radius 2 is 2.31 bits per heavy atom. The zero-order valence-corrected chi connectivity index (χ0v) is 8.21. The molecular weight excluding hydrogens is 194 g/mol. The highest BCUT2D eigenvalue weighted by atomic mass is 35.5. The van der Waals surface area contributed by atoms with Gasteiger partial charge >= 0.3 is 11.3 Å². The van der Waals surface area contributed by atoms with E-state index in [0.29, 0.717) is 19.6 Å². The van der Waals surface area contributed by atoms with E-state index in [1.807, 2.05) is 0 Å². The van der Waals surface area contributed by atoms with Crippen LogP contribution in [0.3, 0.4) is 0 Å². The van der Waals surface area contributed by atoms with E-state index in [1.165, 1.54) is 4.90 Å². The highest BCUT2D eigenvalue weighted by Gasteiger charge is 2.34. The SMILES string of the molecule is CCOC(=O)[C@@H]1CCCN1C(=O)Cl. The van der Waals surface area contributed by atoms with Gasteiger partial charge in [-0.25, -0.2) is 4.79 Å². The molecule has 0 aromatic heterocycles.